The number of likely N-dealkylation sites (tertiary alicyclic amines) is 2. The van der Waals surface area contributed by atoms with Crippen LogP contribution in [0.3, 0.4) is 0 Å². The summed E-state index contributed by atoms with van der Waals surface area (Å²) in [4.78, 5) is 9.66. The molecule has 2 saturated heterocycles. The Morgan fingerprint density at radius 2 is 1.97 bits per heavy atom. The third-order valence-electron chi connectivity index (χ3n) is 6.34. The standard InChI is InChI=1S/C23H39N5.HI/c1-18(2)27-12-8-11-21(16-27)14-25-23(24-4)26-22-13-19(3)28(17-22)15-20-9-6-5-7-10-20;/h5-7,9-10,18-19,21-22H,8,11-17H2,1-4H3,(H2,24,25,26);1H. The molecule has 2 aliphatic rings. The summed E-state index contributed by atoms with van der Waals surface area (Å²) in [5, 5.41) is 7.27. The number of aliphatic imine (C=N–C) groups is 1. The van der Waals surface area contributed by atoms with Crippen LogP contribution in [0.5, 0.6) is 0 Å². The first kappa shape index (κ1) is 24.4. The normalized spacial score (nSPS) is 26.4. The van der Waals surface area contributed by atoms with Crippen molar-refractivity contribution in [3.05, 3.63) is 35.9 Å². The summed E-state index contributed by atoms with van der Waals surface area (Å²) in [6, 6.07) is 12.5. The molecule has 0 aliphatic carbocycles. The quantitative estimate of drug-likeness (QED) is 0.347. The van der Waals surface area contributed by atoms with Crippen molar-refractivity contribution in [1.29, 1.82) is 0 Å². The van der Waals surface area contributed by atoms with E-state index in [-0.39, 0.29) is 24.0 Å². The number of hydrogen-bond acceptors (Lipinski definition) is 3. The Morgan fingerprint density at radius 1 is 1.21 bits per heavy atom. The highest BCUT2D eigenvalue weighted by atomic mass is 127. The van der Waals surface area contributed by atoms with Crippen molar-refractivity contribution in [2.24, 2.45) is 10.9 Å². The lowest BCUT2D eigenvalue weighted by Gasteiger charge is -2.35. The number of benzene rings is 1. The molecule has 2 aliphatic heterocycles. The van der Waals surface area contributed by atoms with Crippen LogP contribution in [0.15, 0.2) is 35.3 Å². The Morgan fingerprint density at radius 3 is 2.66 bits per heavy atom. The van der Waals surface area contributed by atoms with Crippen molar-refractivity contribution in [3.63, 3.8) is 0 Å². The molecule has 0 amide bonds. The average Bonchev–Trinajstić information content (AvgIpc) is 3.05. The van der Waals surface area contributed by atoms with Crippen molar-refractivity contribution >= 4 is 29.9 Å². The minimum absolute atomic E-state index is 0. The molecule has 1 aromatic rings. The molecule has 2 N–H and O–H groups in total. The van der Waals surface area contributed by atoms with Crippen LogP contribution in [0.4, 0.5) is 0 Å². The van der Waals surface area contributed by atoms with Crippen molar-refractivity contribution in [3.8, 4) is 0 Å². The SMILES string of the molecule is CN=C(NCC1CCCN(C(C)C)C1)NC1CC(C)N(Cc2ccccc2)C1.I. The number of rotatable bonds is 6. The second-order valence-corrected chi connectivity index (χ2v) is 8.89. The third-order valence-corrected chi connectivity index (χ3v) is 6.34. The molecule has 29 heavy (non-hydrogen) atoms. The molecule has 1 aromatic carbocycles. The van der Waals surface area contributed by atoms with Crippen LogP contribution >= 0.6 is 24.0 Å². The molecule has 0 spiro atoms. The van der Waals surface area contributed by atoms with Gasteiger partial charge in [-0.05, 0) is 58.1 Å². The smallest absolute Gasteiger partial charge is 0.191 e. The van der Waals surface area contributed by atoms with Gasteiger partial charge in [0.1, 0.15) is 0 Å². The van der Waals surface area contributed by atoms with E-state index in [4.69, 9.17) is 0 Å². The molecule has 2 fully saturated rings. The summed E-state index contributed by atoms with van der Waals surface area (Å²) in [7, 11) is 1.89. The second-order valence-electron chi connectivity index (χ2n) is 8.89. The van der Waals surface area contributed by atoms with E-state index in [1.165, 1.54) is 31.5 Å². The van der Waals surface area contributed by atoms with Crippen LogP contribution in [-0.2, 0) is 6.54 Å². The van der Waals surface area contributed by atoms with E-state index in [0.717, 1.165) is 32.0 Å². The summed E-state index contributed by atoms with van der Waals surface area (Å²) < 4.78 is 0. The number of piperidine rings is 1. The first-order valence-corrected chi connectivity index (χ1v) is 11.0. The van der Waals surface area contributed by atoms with E-state index in [9.17, 15) is 0 Å². The number of nitrogens with zero attached hydrogens (tertiary/aromatic N) is 3. The van der Waals surface area contributed by atoms with Gasteiger partial charge < -0.3 is 15.5 Å². The summed E-state index contributed by atoms with van der Waals surface area (Å²) >= 11 is 0. The van der Waals surface area contributed by atoms with Crippen molar-refractivity contribution < 1.29 is 0 Å². The number of guanidine groups is 1. The van der Waals surface area contributed by atoms with E-state index in [1.54, 1.807) is 0 Å². The van der Waals surface area contributed by atoms with Gasteiger partial charge in [-0.25, -0.2) is 0 Å². The van der Waals surface area contributed by atoms with Gasteiger partial charge in [-0.2, -0.15) is 0 Å². The summed E-state index contributed by atoms with van der Waals surface area (Å²) in [6.45, 7) is 12.5. The van der Waals surface area contributed by atoms with Crippen LogP contribution in [0, 0.1) is 5.92 Å². The predicted octanol–water partition coefficient (Wildman–Crippen LogP) is 3.55. The molecule has 0 saturated carbocycles. The molecule has 3 rings (SSSR count). The first-order chi connectivity index (χ1) is 13.5. The maximum atomic E-state index is 4.49. The molecule has 164 valence electrons. The van der Waals surface area contributed by atoms with Crippen LogP contribution in [0.1, 0.15) is 45.6 Å². The average molecular weight is 514 g/mol. The van der Waals surface area contributed by atoms with Gasteiger partial charge in [-0.3, -0.25) is 9.89 Å². The predicted molar refractivity (Wildman–Crippen MR) is 134 cm³/mol. The highest BCUT2D eigenvalue weighted by Gasteiger charge is 2.29. The molecular weight excluding hydrogens is 473 g/mol. The monoisotopic (exact) mass is 513 g/mol. The molecule has 3 unspecified atom stereocenters. The molecular formula is C23H40IN5. The Hall–Kier alpha value is -0.860. The third kappa shape index (κ3) is 7.40. The molecule has 0 radical (unpaired) electrons. The molecule has 0 aromatic heterocycles. The Bertz CT molecular complexity index is 621. The van der Waals surface area contributed by atoms with Crippen molar-refractivity contribution in [2.75, 3.05) is 33.2 Å². The number of hydrogen-bond donors (Lipinski definition) is 2. The van der Waals surface area contributed by atoms with Crippen LogP contribution in [-0.4, -0.2) is 67.1 Å². The van der Waals surface area contributed by atoms with Crippen molar-refractivity contribution in [2.45, 2.75) is 64.7 Å². The maximum Gasteiger partial charge on any atom is 0.191 e. The van der Waals surface area contributed by atoms with Gasteiger partial charge in [0, 0.05) is 51.4 Å². The summed E-state index contributed by atoms with van der Waals surface area (Å²) in [5.41, 5.74) is 1.39. The van der Waals surface area contributed by atoms with Gasteiger partial charge in [-0.15, -0.1) is 24.0 Å². The largest absolute Gasteiger partial charge is 0.356 e. The Balaban J connectivity index is 0.00000300. The highest BCUT2D eigenvalue weighted by Crippen LogP contribution is 2.20. The van der Waals surface area contributed by atoms with Crippen LogP contribution in [0.25, 0.3) is 0 Å². The second kappa shape index (κ2) is 12.1. The first-order valence-electron chi connectivity index (χ1n) is 11.0. The van der Waals surface area contributed by atoms with Gasteiger partial charge in [-0.1, -0.05) is 30.3 Å². The topological polar surface area (TPSA) is 42.9 Å². The fraction of sp³-hybridized carbons (Fsp3) is 0.696. The fourth-order valence-electron chi connectivity index (χ4n) is 4.60. The van der Waals surface area contributed by atoms with E-state index < -0.39 is 0 Å². The Kier molecular flexibility index (Phi) is 10.2. The molecule has 5 nitrogen and oxygen atoms in total. The van der Waals surface area contributed by atoms with E-state index >= 15 is 0 Å². The zero-order valence-corrected chi connectivity index (χ0v) is 20.9. The molecule has 2 heterocycles. The molecule has 3 atom stereocenters. The number of halogens is 1. The van der Waals surface area contributed by atoms with Crippen LogP contribution in [0.2, 0.25) is 0 Å². The minimum Gasteiger partial charge on any atom is -0.356 e. The van der Waals surface area contributed by atoms with Crippen molar-refractivity contribution in [1.82, 2.24) is 20.4 Å². The lowest BCUT2D eigenvalue weighted by Crippen LogP contribution is -2.48. The van der Waals surface area contributed by atoms with Gasteiger partial charge in [0.15, 0.2) is 5.96 Å². The lowest BCUT2D eigenvalue weighted by molar-refractivity contribution is 0.141. The minimum atomic E-state index is 0. The van der Waals surface area contributed by atoms with E-state index in [2.05, 4.69) is 76.5 Å². The zero-order chi connectivity index (χ0) is 19.9. The Labute approximate surface area is 194 Å². The summed E-state index contributed by atoms with van der Waals surface area (Å²) in [5.74, 6) is 1.67. The molecule has 6 heteroatoms. The van der Waals surface area contributed by atoms with Gasteiger partial charge in [0.05, 0.1) is 0 Å². The van der Waals surface area contributed by atoms with E-state index in [1.807, 2.05) is 7.05 Å². The van der Waals surface area contributed by atoms with Gasteiger partial charge in [0.25, 0.3) is 0 Å². The lowest BCUT2D eigenvalue weighted by atomic mass is 9.97. The highest BCUT2D eigenvalue weighted by molar-refractivity contribution is 14.0. The summed E-state index contributed by atoms with van der Waals surface area (Å²) in [6.07, 6.45) is 3.79. The zero-order valence-electron chi connectivity index (χ0n) is 18.6. The van der Waals surface area contributed by atoms with Crippen LogP contribution < -0.4 is 10.6 Å². The number of nitrogens with one attached hydrogen (secondary N) is 2. The van der Waals surface area contributed by atoms with Gasteiger partial charge in [0.2, 0.25) is 0 Å². The molecule has 0 bridgehead atoms. The van der Waals surface area contributed by atoms with E-state index in [0.29, 0.717) is 24.0 Å². The van der Waals surface area contributed by atoms with Gasteiger partial charge >= 0.3 is 0 Å². The maximum absolute atomic E-state index is 4.49. The fourth-order valence-corrected chi connectivity index (χ4v) is 4.60.